The van der Waals surface area contributed by atoms with Gasteiger partial charge in [0, 0.05) is 44.9 Å². The quantitative estimate of drug-likeness (QED) is 0.462. The van der Waals surface area contributed by atoms with Gasteiger partial charge < -0.3 is 24.3 Å². The number of allylic oxidation sites excluding steroid dienone is 3. The van der Waals surface area contributed by atoms with Gasteiger partial charge in [-0.25, -0.2) is 12.4 Å². The first kappa shape index (κ1) is 31.0. The average molecular weight is 599 g/mol. The number of carbonyl (C=O) groups is 1. The Morgan fingerprint density at radius 2 is 1.74 bits per heavy atom. The summed E-state index contributed by atoms with van der Waals surface area (Å²) in [5.41, 5.74) is 0.558. The van der Waals surface area contributed by atoms with Gasteiger partial charge in [-0.15, -0.1) is 0 Å². The minimum Gasteiger partial charge on any atom is -0.400 e. The number of aromatic nitrogens is 1. The molecule has 1 amide bonds. The number of benzene rings is 1. The molecule has 0 saturated carbocycles. The number of carbonyl (C=O) groups excluding carboxylic acids is 1. The van der Waals surface area contributed by atoms with Crippen molar-refractivity contribution in [3.63, 3.8) is 0 Å². The number of amides is 1. The number of piperazine rings is 1. The summed E-state index contributed by atoms with van der Waals surface area (Å²) in [4.78, 5) is 18.0. The number of hydrogen-bond donors (Lipinski definition) is 1. The largest absolute Gasteiger partial charge is 0.490 e. The van der Waals surface area contributed by atoms with Crippen LogP contribution in [-0.2, 0) is 28.9 Å². The van der Waals surface area contributed by atoms with Crippen LogP contribution >= 0.6 is 0 Å². The van der Waals surface area contributed by atoms with Crippen molar-refractivity contribution < 1.29 is 27.3 Å². The monoisotopic (exact) mass is 598 g/mol. The van der Waals surface area contributed by atoms with Crippen molar-refractivity contribution in [2.75, 3.05) is 52.3 Å². The Morgan fingerprint density at radius 1 is 1.07 bits per heavy atom. The lowest BCUT2D eigenvalue weighted by Crippen LogP contribution is -2.54. The maximum Gasteiger partial charge on any atom is 0.490 e. The molecule has 3 heterocycles. The lowest BCUT2D eigenvalue weighted by atomic mass is 9.71. The Bertz CT molecular complexity index is 1490. The lowest BCUT2D eigenvalue weighted by Gasteiger charge is -2.36. The second-order valence-electron chi connectivity index (χ2n) is 12.8. The molecule has 0 spiro atoms. The SMILES string of the molecule is COC[C@H](C(=O)Nc1cccc2ccn(S(=O)(=O)C3(C)C=CC=C(B4OC(C)(C)C(C)(C)O4)C3)c12)N1CCN(C)CC1. The van der Waals surface area contributed by atoms with Gasteiger partial charge in [-0.3, -0.25) is 9.69 Å². The third kappa shape index (κ3) is 5.49. The van der Waals surface area contributed by atoms with Gasteiger partial charge in [-0.2, -0.15) is 0 Å². The summed E-state index contributed by atoms with van der Waals surface area (Å²) in [6.07, 6.45) is 7.13. The van der Waals surface area contributed by atoms with Crippen LogP contribution in [0.25, 0.3) is 10.9 Å². The number of fused-ring (bicyclic) bond motifs is 1. The Balaban J connectivity index is 1.43. The van der Waals surface area contributed by atoms with E-state index in [0.717, 1.165) is 31.7 Å². The van der Waals surface area contributed by atoms with Gasteiger partial charge >= 0.3 is 7.12 Å². The van der Waals surface area contributed by atoms with Crippen LogP contribution < -0.4 is 5.32 Å². The van der Waals surface area contributed by atoms with Crippen LogP contribution in [0.5, 0.6) is 0 Å². The fourth-order valence-corrected chi connectivity index (χ4v) is 7.49. The molecular weight excluding hydrogens is 555 g/mol. The standard InChI is InChI=1S/C30H43BN4O6S/c1-28(2)29(3,4)41-31(40-28)23-11-9-14-30(5,20-23)42(37,38)35-15-13-22-10-8-12-24(26(22)35)32-27(36)25(21-39-7)34-18-16-33(6)17-19-34/h8-15,25H,16-21H2,1-7H3,(H,32,36)/t25-,30?/m1/s1. The highest BCUT2D eigenvalue weighted by atomic mass is 32.2. The maximum absolute atomic E-state index is 14.4. The van der Waals surface area contributed by atoms with Crippen molar-refractivity contribution in [1.29, 1.82) is 0 Å². The van der Waals surface area contributed by atoms with E-state index < -0.39 is 39.1 Å². The summed E-state index contributed by atoms with van der Waals surface area (Å²) >= 11 is 0. The summed E-state index contributed by atoms with van der Waals surface area (Å²) in [6.45, 7) is 13.1. The van der Waals surface area contributed by atoms with E-state index in [-0.39, 0.29) is 18.9 Å². The highest BCUT2D eigenvalue weighted by Gasteiger charge is 2.54. The predicted octanol–water partition coefficient (Wildman–Crippen LogP) is 3.30. The van der Waals surface area contributed by atoms with Gasteiger partial charge in [-0.1, -0.05) is 30.4 Å². The summed E-state index contributed by atoms with van der Waals surface area (Å²) in [5, 5.41) is 3.75. The van der Waals surface area contributed by atoms with E-state index in [9.17, 15) is 13.2 Å². The fourth-order valence-electron chi connectivity index (χ4n) is 5.78. The summed E-state index contributed by atoms with van der Waals surface area (Å²) in [5.74, 6) is -0.228. The van der Waals surface area contributed by atoms with Gasteiger partial charge in [0.1, 0.15) is 10.8 Å². The number of para-hydroxylation sites is 1. The van der Waals surface area contributed by atoms with Crippen LogP contribution in [0.4, 0.5) is 5.69 Å². The second kappa shape index (κ2) is 11.2. The van der Waals surface area contributed by atoms with Crippen LogP contribution in [0.15, 0.2) is 54.2 Å². The zero-order valence-corrected chi connectivity index (χ0v) is 26.5. The number of nitrogens with zero attached hydrogens (tertiary/aromatic N) is 3. The first-order valence-corrected chi connectivity index (χ1v) is 15.9. The minimum absolute atomic E-state index is 0.205. The Morgan fingerprint density at radius 3 is 2.38 bits per heavy atom. The van der Waals surface area contributed by atoms with Crippen molar-refractivity contribution in [3.05, 3.63) is 54.2 Å². The average Bonchev–Trinajstić information content (AvgIpc) is 3.46. The highest BCUT2D eigenvalue weighted by Crippen LogP contribution is 2.43. The molecular formula is C30H43BN4O6S. The molecule has 1 aromatic carbocycles. The van der Waals surface area contributed by atoms with Gasteiger partial charge in [0.2, 0.25) is 15.9 Å². The van der Waals surface area contributed by atoms with Gasteiger partial charge in [0.25, 0.3) is 0 Å². The first-order valence-electron chi connectivity index (χ1n) is 14.5. The first-order chi connectivity index (χ1) is 19.7. The van der Waals surface area contributed by atoms with Crippen LogP contribution in [0.2, 0.25) is 0 Å². The maximum atomic E-state index is 14.4. The molecule has 5 rings (SSSR count). The third-order valence-corrected chi connectivity index (χ3v) is 11.5. The number of anilines is 1. The van der Waals surface area contributed by atoms with Crippen molar-refractivity contribution in [2.45, 2.75) is 63.0 Å². The van der Waals surface area contributed by atoms with Crippen LogP contribution in [-0.4, -0.2) is 104 Å². The molecule has 3 aliphatic rings. The number of methoxy groups -OCH3 is 1. The Hall–Kier alpha value is -2.48. The normalized spacial score (nSPS) is 25.5. The topological polar surface area (TPSA) is 102 Å². The number of rotatable bonds is 8. The molecule has 2 fully saturated rings. The van der Waals surface area contributed by atoms with E-state index in [2.05, 4.69) is 22.2 Å². The third-order valence-electron chi connectivity index (χ3n) is 9.26. The van der Waals surface area contributed by atoms with Crippen molar-refractivity contribution in [1.82, 2.24) is 13.8 Å². The summed E-state index contributed by atoms with van der Waals surface area (Å²) in [7, 11) is -0.988. The van der Waals surface area contributed by atoms with Crippen LogP contribution in [0.1, 0.15) is 41.0 Å². The molecule has 228 valence electrons. The van der Waals surface area contributed by atoms with Crippen LogP contribution in [0.3, 0.4) is 0 Å². The molecule has 1 aromatic heterocycles. The number of hydrogen-bond acceptors (Lipinski definition) is 8. The van der Waals surface area contributed by atoms with Crippen molar-refractivity contribution >= 4 is 39.6 Å². The molecule has 0 bridgehead atoms. The minimum atomic E-state index is -3.99. The fraction of sp³-hybridized carbons (Fsp3) is 0.567. The Kier molecular flexibility index (Phi) is 8.27. The van der Waals surface area contributed by atoms with E-state index in [0.29, 0.717) is 16.6 Å². The molecule has 2 aliphatic heterocycles. The number of likely N-dealkylation sites (N-methyl/N-ethyl adjacent to an activating group) is 1. The molecule has 2 aromatic rings. The molecule has 1 unspecified atom stereocenters. The van der Waals surface area contributed by atoms with Gasteiger partial charge in [0.05, 0.1) is 29.0 Å². The molecule has 2 saturated heterocycles. The summed E-state index contributed by atoms with van der Waals surface area (Å²) in [6, 6.07) is 6.67. The zero-order valence-electron chi connectivity index (χ0n) is 25.7. The van der Waals surface area contributed by atoms with Crippen molar-refractivity contribution in [3.8, 4) is 0 Å². The number of ether oxygens (including phenoxy) is 1. The van der Waals surface area contributed by atoms with E-state index in [4.69, 9.17) is 14.0 Å². The second-order valence-corrected chi connectivity index (χ2v) is 15.1. The zero-order chi connectivity index (χ0) is 30.5. The van der Waals surface area contributed by atoms with Crippen LogP contribution in [0, 0.1) is 0 Å². The van der Waals surface area contributed by atoms with Gasteiger partial charge in [0.15, 0.2) is 0 Å². The molecule has 10 nitrogen and oxygen atoms in total. The molecule has 42 heavy (non-hydrogen) atoms. The highest BCUT2D eigenvalue weighted by molar-refractivity contribution is 7.91. The molecule has 12 heteroatoms. The summed E-state index contributed by atoms with van der Waals surface area (Å²) < 4.78 is 46.7. The molecule has 1 N–H and O–H groups in total. The smallest absolute Gasteiger partial charge is 0.400 e. The molecule has 0 radical (unpaired) electrons. The van der Waals surface area contributed by atoms with E-state index in [1.165, 1.54) is 3.97 Å². The van der Waals surface area contributed by atoms with E-state index in [1.807, 2.05) is 45.9 Å². The van der Waals surface area contributed by atoms with E-state index >= 15 is 0 Å². The lowest BCUT2D eigenvalue weighted by molar-refractivity contribution is -0.124. The van der Waals surface area contributed by atoms with E-state index in [1.54, 1.807) is 44.5 Å². The van der Waals surface area contributed by atoms with Gasteiger partial charge in [-0.05, 0) is 65.7 Å². The molecule has 2 atom stereocenters. The predicted molar refractivity (Wildman–Crippen MR) is 166 cm³/mol. The Labute approximate surface area is 249 Å². The van der Waals surface area contributed by atoms with Crippen molar-refractivity contribution in [2.24, 2.45) is 0 Å². The molecule has 1 aliphatic carbocycles. The number of nitrogens with one attached hydrogen (secondary N) is 1.